The number of carboxylic acid groups (broad SMARTS) is 1. The van der Waals surface area contributed by atoms with E-state index in [9.17, 15) is 18.0 Å². The third kappa shape index (κ3) is 9.66. The number of nitrogens with one attached hydrogen (secondary N) is 2. The van der Waals surface area contributed by atoms with Gasteiger partial charge in [-0.05, 0) is 49.5 Å². The molecule has 2 aromatic rings. The van der Waals surface area contributed by atoms with Crippen LogP contribution in [0.3, 0.4) is 0 Å². The first kappa shape index (κ1) is 26.4. The summed E-state index contributed by atoms with van der Waals surface area (Å²) >= 11 is 1.36. The molecular formula is C21H25F3N4O4S. The van der Waals surface area contributed by atoms with Crippen LogP contribution in [0, 0.1) is 5.92 Å². The number of ether oxygens (including phenoxy) is 1. The maximum Gasteiger partial charge on any atom is 0.490 e. The number of aliphatic carboxylic acids is 1. The van der Waals surface area contributed by atoms with Crippen LogP contribution in [0.25, 0.3) is 11.1 Å². The lowest BCUT2D eigenvalue weighted by atomic mass is 10.00. The van der Waals surface area contributed by atoms with Gasteiger partial charge in [0.1, 0.15) is 5.75 Å². The van der Waals surface area contributed by atoms with E-state index in [1.807, 2.05) is 24.3 Å². The molecule has 1 aromatic carbocycles. The van der Waals surface area contributed by atoms with Crippen molar-refractivity contribution in [3.8, 4) is 16.9 Å². The molecule has 12 heteroatoms. The van der Waals surface area contributed by atoms with Gasteiger partial charge in [-0.1, -0.05) is 23.9 Å². The van der Waals surface area contributed by atoms with Gasteiger partial charge in [-0.2, -0.15) is 13.2 Å². The van der Waals surface area contributed by atoms with Crippen molar-refractivity contribution in [1.29, 1.82) is 0 Å². The minimum absolute atomic E-state index is 0.0309. The molecule has 0 bridgehead atoms. The van der Waals surface area contributed by atoms with Crippen LogP contribution in [-0.2, 0) is 9.59 Å². The first-order valence-corrected chi connectivity index (χ1v) is 11.0. The van der Waals surface area contributed by atoms with E-state index < -0.39 is 12.1 Å². The van der Waals surface area contributed by atoms with Gasteiger partial charge < -0.3 is 20.5 Å². The Kier molecular flexibility index (Phi) is 10.4. The summed E-state index contributed by atoms with van der Waals surface area (Å²) < 4.78 is 36.9. The maximum absolute atomic E-state index is 12.0. The summed E-state index contributed by atoms with van der Waals surface area (Å²) in [6, 6.07) is 7.75. The van der Waals surface area contributed by atoms with Gasteiger partial charge in [0.25, 0.3) is 0 Å². The lowest BCUT2D eigenvalue weighted by molar-refractivity contribution is -0.192. The van der Waals surface area contributed by atoms with Gasteiger partial charge in [-0.3, -0.25) is 4.79 Å². The highest BCUT2D eigenvalue weighted by atomic mass is 32.2. The first-order valence-electron chi connectivity index (χ1n) is 10.1. The highest BCUT2D eigenvalue weighted by Crippen LogP contribution is 2.22. The molecule has 1 aliphatic rings. The highest BCUT2D eigenvalue weighted by Gasteiger charge is 2.38. The predicted molar refractivity (Wildman–Crippen MR) is 117 cm³/mol. The lowest BCUT2D eigenvalue weighted by Crippen LogP contribution is -2.38. The van der Waals surface area contributed by atoms with Crippen LogP contribution in [-0.4, -0.2) is 65.6 Å². The molecule has 180 valence electrons. The van der Waals surface area contributed by atoms with Crippen LogP contribution in [0.1, 0.15) is 12.8 Å². The molecule has 0 spiro atoms. The van der Waals surface area contributed by atoms with Crippen molar-refractivity contribution < 1.29 is 32.6 Å². The van der Waals surface area contributed by atoms with Crippen molar-refractivity contribution in [2.75, 3.05) is 32.5 Å². The molecule has 1 atom stereocenters. The van der Waals surface area contributed by atoms with Crippen molar-refractivity contribution in [2.45, 2.75) is 24.2 Å². The second kappa shape index (κ2) is 13.0. The number of hydrogen-bond acceptors (Lipinski definition) is 7. The summed E-state index contributed by atoms with van der Waals surface area (Å²) in [5.41, 5.74) is 1.97. The number of carbonyl (C=O) groups excluding carboxylic acids is 1. The molecule has 1 aliphatic heterocycles. The first-order chi connectivity index (χ1) is 15.7. The van der Waals surface area contributed by atoms with Crippen LogP contribution in [0.4, 0.5) is 13.2 Å². The van der Waals surface area contributed by atoms with E-state index in [2.05, 4.69) is 20.6 Å². The molecule has 0 radical (unpaired) electrons. The van der Waals surface area contributed by atoms with E-state index >= 15 is 0 Å². The van der Waals surface area contributed by atoms with Gasteiger partial charge in [-0.25, -0.2) is 14.8 Å². The molecule has 3 rings (SSSR count). The fraction of sp³-hybridized carbons (Fsp3) is 0.429. The van der Waals surface area contributed by atoms with Crippen molar-refractivity contribution in [3.63, 3.8) is 0 Å². The average Bonchev–Trinajstić information content (AvgIpc) is 2.82. The summed E-state index contributed by atoms with van der Waals surface area (Å²) in [5.74, 6) is -1.03. The van der Waals surface area contributed by atoms with Gasteiger partial charge in [-0.15, -0.1) is 0 Å². The second-order valence-electron chi connectivity index (χ2n) is 7.09. The number of piperidine rings is 1. The number of nitrogens with zero attached hydrogens (tertiary/aromatic N) is 2. The standard InChI is InChI=1S/C19H24N4O2S.C2HF3O2/c1-25-17-6-4-15(5-7-17)16-11-22-19(23-12-16)26-13-18(24)21-10-14-3-2-8-20-9-14;3-2(4,5)1(6)7/h4-7,11-12,14,20H,2-3,8-10,13H2,1H3,(H,21,24);(H,6,7). The zero-order valence-corrected chi connectivity index (χ0v) is 18.7. The molecule has 0 saturated carbocycles. The monoisotopic (exact) mass is 486 g/mol. The Labute approximate surface area is 193 Å². The van der Waals surface area contributed by atoms with Crippen molar-refractivity contribution in [1.82, 2.24) is 20.6 Å². The predicted octanol–water partition coefficient (Wildman–Crippen LogP) is 2.99. The molecular weight excluding hydrogens is 461 g/mol. The number of halogens is 3. The molecule has 1 saturated heterocycles. The molecule has 8 nitrogen and oxygen atoms in total. The van der Waals surface area contributed by atoms with Crippen molar-refractivity contribution in [3.05, 3.63) is 36.7 Å². The van der Waals surface area contributed by atoms with E-state index in [0.717, 1.165) is 36.5 Å². The highest BCUT2D eigenvalue weighted by molar-refractivity contribution is 7.99. The molecule has 0 aliphatic carbocycles. The number of rotatable bonds is 7. The Morgan fingerprint density at radius 1 is 1.21 bits per heavy atom. The zero-order chi connectivity index (χ0) is 24.3. The van der Waals surface area contributed by atoms with Crippen LogP contribution < -0.4 is 15.4 Å². The van der Waals surface area contributed by atoms with Gasteiger partial charge in [0, 0.05) is 24.5 Å². The summed E-state index contributed by atoms with van der Waals surface area (Å²) in [7, 11) is 1.65. The number of thioether (sulfide) groups is 1. The number of amides is 1. The van der Waals surface area contributed by atoms with Crippen LogP contribution in [0.2, 0.25) is 0 Å². The fourth-order valence-corrected chi connectivity index (χ4v) is 3.48. The second-order valence-corrected chi connectivity index (χ2v) is 8.03. The van der Waals surface area contributed by atoms with E-state index in [0.29, 0.717) is 16.8 Å². The number of benzene rings is 1. The molecule has 2 heterocycles. The Bertz CT molecular complexity index is 890. The summed E-state index contributed by atoms with van der Waals surface area (Å²) in [4.78, 5) is 29.6. The molecule has 33 heavy (non-hydrogen) atoms. The van der Waals surface area contributed by atoms with Crippen molar-refractivity contribution in [2.24, 2.45) is 5.92 Å². The third-order valence-corrected chi connectivity index (χ3v) is 5.49. The minimum atomic E-state index is -5.08. The number of hydrogen-bond donors (Lipinski definition) is 3. The normalized spacial score (nSPS) is 15.7. The van der Waals surface area contributed by atoms with E-state index in [1.165, 1.54) is 24.6 Å². The molecule has 3 N–H and O–H groups in total. The third-order valence-electron chi connectivity index (χ3n) is 4.61. The van der Waals surface area contributed by atoms with E-state index in [1.54, 1.807) is 19.5 Å². The Hall–Kier alpha value is -2.86. The van der Waals surface area contributed by atoms with Gasteiger partial charge >= 0.3 is 12.1 Å². The molecule has 1 unspecified atom stereocenters. The lowest BCUT2D eigenvalue weighted by Gasteiger charge is -2.22. The van der Waals surface area contributed by atoms with Crippen LogP contribution >= 0.6 is 11.8 Å². The fourth-order valence-electron chi connectivity index (χ4n) is 2.86. The van der Waals surface area contributed by atoms with Crippen molar-refractivity contribution >= 4 is 23.6 Å². The van der Waals surface area contributed by atoms with E-state index in [4.69, 9.17) is 14.6 Å². The van der Waals surface area contributed by atoms with Gasteiger partial charge in [0.2, 0.25) is 5.91 Å². The minimum Gasteiger partial charge on any atom is -0.497 e. The van der Waals surface area contributed by atoms with Gasteiger partial charge in [0.15, 0.2) is 5.16 Å². The Morgan fingerprint density at radius 3 is 2.36 bits per heavy atom. The smallest absolute Gasteiger partial charge is 0.490 e. The SMILES string of the molecule is COc1ccc(-c2cnc(SCC(=O)NCC3CCCNC3)nc2)cc1.O=C(O)C(F)(F)F. The average molecular weight is 487 g/mol. The maximum atomic E-state index is 12.0. The largest absolute Gasteiger partial charge is 0.497 e. The Morgan fingerprint density at radius 2 is 1.85 bits per heavy atom. The Balaban J connectivity index is 0.000000479. The topological polar surface area (TPSA) is 113 Å². The molecule has 1 fully saturated rings. The summed E-state index contributed by atoms with van der Waals surface area (Å²) in [5, 5.41) is 14.1. The van der Waals surface area contributed by atoms with E-state index in [-0.39, 0.29) is 5.91 Å². The summed E-state index contributed by atoms with van der Waals surface area (Å²) in [6.45, 7) is 2.82. The molecule has 1 amide bonds. The number of carboxylic acids is 1. The van der Waals surface area contributed by atoms with Crippen LogP contribution in [0.5, 0.6) is 5.75 Å². The number of carbonyl (C=O) groups is 2. The number of aromatic nitrogens is 2. The quantitative estimate of drug-likeness (QED) is 0.404. The summed E-state index contributed by atoms with van der Waals surface area (Å²) in [6.07, 6.45) is 0.839. The number of methoxy groups -OCH3 is 1. The molecule has 1 aromatic heterocycles. The zero-order valence-electron chi connectivity index (χ0n) is 17.9. The number of alkyl halides is 3. The van der Waals surface area contributed by atoms with Crippen LogP contribution in [0.15, 0.2) is 41.8 Å². The van der Waals surface area contributed by atoms with Gasteiger partial charge in [0.05, 0.1) is 12.9 Å².